The number of hydrogen-bond acceptors (Lipinski definition) is 0. The zero-order valence-corrected chi connectivity index (χ0v) is 14.3. The lowest BCUT2D eigenvalue weighted by Gasteiger charge is -2.38. The molecule has 20 heavy (non-hydrogen) atoms. The van der Waals surface area contributed by atoms with Gasteiger partial charge in [0.05, 0.1) is 0 Å². The van der Waals surface area contributed by atoms with E-state index < -0.39 is 0 Å². The molecule has 1 unspecified atom stereocenters. The van der Waals surface area contributed by atoms with Crippen molar-refractivity contribution < 1.29 is 0 Å². The molecule has 0 aromatic heterocycles. The smallest absolute Gasteiger partial charge is 0.00304 e. The van der Waals surface area contributed by atoms with Gasteiger partial charge in [-0.3, -0.25) is 0 Å². The van der Waals surface area contributed by atoms with Gasteiger partial charge >= 0.3 is 0 Å². The van der Waals surface area contributed by atoms with Gasteiger partial charge in [-0.05, 0) is 57.3 Å². The topological polar surface area (TPSA) is 0 Å². The van der Waals surface area contributed by atoms with Crippen molar-refractivity contribution in [3.8, 4) is 0 Å². The first-order valence-corrected chi connectivity index (χ1v) is 8.46. The second-order valence-corrected chi connectivity index (χ2v) is 6.73. The van der Waals surface area contributed by atoms with E-state index in [-0.39, 0.29) is 0 Å². The molecule has 114 valence electrons. The summed E-state index contributed by atoms with van der Waals surface area (Å²) >= 11 is 0. The summed E-state index contributed by atoms with van der Waals surface area (Å²) in [5, 5.41) is 0. The van der Waals surface area contributed by atoms with E-state index in [1.807, 2.05) is 0 Å². The van der Waals surface area contributed by atoms with Crippen LogP contribution in [0.2, 0.25) is 0 Å². The zero-order valence-electron chi connectivity index (χ0n) is 14.3. The number of hydrogen-bond donors (Lipinski definition) is 0. The minimum Gasteiger partial charge on any atom is -0.103 e. The third-order valence-corrected chi connectivity index (χ3v) is 5.70. The SMILES string of the molecule is C=CCC(=CC(C(C)=CC)C(C)(CC)CC)C1CCC1. The van der Waals surface area contributed by atoms with Gasteiger partial charge < -0.3 is 0 Å². The predicted molar refractivity (Wildman–Crippen MR) is 91.8 cm³/mol. The summed E-state index contributed by atoms with van der Waals surface area (Å²) in [4.78, 5) is 0. The molecule has 1 saturated carbocycles. The van der Waals surface area contributed by atoms with Crippen LogP contribution in [0.25, 0.3) is 0 Å². The molecule has 0 aliphatic heterocycles. The molecule has 0 heteroatoms. The van der Waals surface area contributed by atoms with Crippen LogP contribution in [0.15, 0.2) is 36.0 Å². The lowest BCUT2D eigenvalue weighted by molar-refractivity contribution is 0.231. The van der Waals surface area contributed by atoms with Crippen molar-refractivity contribution in [3.63, 3.8) is 0 Å². The fourth-order valence-electron chi connectivity index (χ4n) is 3.28. The average Bonchev–Trinajstić information content (AvgIpc) is 2.41. The molecule has 0 aromatic rings. The Morgan fingerprint density at radius 1 is 1.30 bits per heavy atom. The van der Waals surface area contributed by atoms with Crippen LogP contribution in [0.5, 0.6) is 0 Å². The predicted octanol–water partition coefficient (Wildman–Crippen LogP) is 6.70. The summed E-state index contributed by atoms with van der Waals surface area (Å²) in [5.41, 5.74) is 3.55. The van der Waals surface area contributed by atoms with E-state index in [0.717, 1.165) is 12.3 Å². The standard InChI is InChI=1S/C20H34/c1-7-12-18(17-13-11-14-17)15-19(16(5)8-2)20(6,9-3)10-4/h7-8,15,17,19H,1,9-14H2,2-6H3. The molecule has 0 saturated heterocycles. The first-order valence-electron chi connectivity index (χ1n) is 8.46. The van der Waals surface area contributed by atoms with Crippen LogP contribution in [0, 0.1) is 17.3 Å². The second-order valence-electron chi connectivity index (χ2n) is 6.73. The van der Waals surface area contributed by atoms with Crippen LogP contribution in [0.3, 0.4) is 0 Å². The van der Waals surface area contributed by atoms with Crippen molar-refractivity contribution in [3.05, 3.63) is 36.0 Å². The largest absolute Gasteiger partial charge is 0.103 e. The van der Waals surface area contributed by atoms with E-state index in [0.29, 0.717) is 11.3 Å². The Morgan fingerprint density at radius 3 is 2.25 bits per heavy atom. The van der Waals surface area contributed by atoms with Crippen molar-refractivity contribution in [2.75, 3.05) is 0 Å². The normalized spacial score (nSPS) is 19.6. The van der Waals surface area contributed by atoms with Gasteiger partial charge in [-0.25, -0.2) is 0 Å². The summed E-state index contributed by atoms with van der Waals surface area (Å²) in [5.74, 6) is 1.41. The summed E-state index contributed by atoms with van der Waals surface area (Å²) in [6, 6.07) is 0. The Kier molecular flexibility index (Phi) is 6.79. The van der Waals surface area contributed by atoms with Crippen LogP contribution in [0.1, 0.15) is 73.1 Å². The van der Waals surface area contributed by atoms with E-state index in [4.69, 9.17) is 0 Å². The Bertz CT molecular complexity index is 361. The molecule has 1 rings (SSSR count). The Hall–Kier alpha value is -0.780. The van der Waals surface area contributed by atoms with E-state index in [1.54, 1.807) is 5.57 Å². The van der Waals surface area contributed by atoms with Gasteiger partial charge in [0.2, 0.25) is 0 Å². The molecule has 0 nitrogen and oxygen atoms in total. The van der Waals surface area contributed by atoms with Crippen LogP contribution in [-0.2, 0) is 0 Å². The first-order chi connectivity index (χ1) is 9.52. The fraction of sp³-hybridized carbons (Fsp3) is 0.700. The Balaban J connectivity index is 3.11. The van der Waals surface area contributed by atoms with Crippen molar-refractivity contribution in [1.29, 1.82) is 0 Å². The van der Waals surface area contributed by atoms with E-state index >= 15 is 0 Å². The average molecular weight is 274 g/mol. The summed E-state index contributed by atoms with van der Waals surface area (Å²) in [6.45, 7) is 15.6. The molecule has 0 N–H and O–H groups in total. The number of rotatable bonds is 8. The van der Waals surface area contributed by atoms with Gasteiger partial charge in [0.25, 0.3) is 0 Å². The second kappa shape index (κ2) is 7.86. The van der Waals surface area contributed by atoms with E-state index in [9.17, 15) is 0 Å². The lowest BCUT2D eigenvalue weighted by Crippen LogP contribution is -2.27. The van der Waals surface area contributed by atoms with Gasteiger partial charge in [-0.15, -0.1) is 6.58 Å². The highest BCUT2D eigenvalue weighted by molar-refractivity contribution is 5.22. The molecule has 1 aliphatic carbocycles. The number of allylic oxidation sites excluding steroid dienone is 5. The zero-order chi connectivity index (χ0) is 15.2. The third-order valence-electron chi connectivity index (χ3n) is 5.70. The maximum absolute atomic E-state index is 3.96. The first kappa shape index (κ1) is 17.3. The van der Waals surface area contributed by atoms with Gasteiger partial charge in [0.15, 0.2) is 0 Å². The molecular formula is C20H34. The molecule has 0 spiro atoms. The highest BCUT2D eigenvalue weighted by Crippen LogP contribution is 2.43. The van der Waals surface area contributed by atoms with Gasteiger partial charge in [0, 0.05) is 5.92 Å². The maximum atomic E-state index is 3.96. The van der Waals surface area contributed by atoms with Crippen molar-refractivity contribution >= 4 is 0 Å². The van der Waals surface area contributed by atoms with Crippen LogP contribution < -0.4 is 0 Å². The van der Waals surface area contributed by atoms with Gasteiger partial charge in [0.1, 0.15) is 0 Å². The van der Waals surface area contributed by atoms with Crippen molar-refractivity contribution in [1.82, 2.24) is 0 Å². The minimum atomic E-state index is 0.382. The lowest BCUT2D eigenvalue weighted by atomic mass is 9.67. The van der Waals surface area contributed by atoms with E-state index in [1.165, 1.54) is 37.7 Å². The van der Waals surface area contributed by atoms with Crippen molar-refractivity contribution in [2.45, 2.75) is 73.1 Å². The Labute approximate surface area is 127 Å². The minimum absolute atomic E-state index is 0.382. The molecule has 1 atom stereocenters. The summed E-state index contributed by atoms with van der Waals surface area (Å²) < 4.78 is 0. The van der Waals surface area contributed by atoms with Crippen molar-refractivity contribution in [2.24, 2.45) is 17.3 Å². The third kappa shape index (κ3) is 3.87. The van der Waals surface area contributed by atoms with Gasteiger partial charge in [-0.2, -0.15) is 0 Å². The molecule has 0 heterocycles. The molecular weight excluding hydrogens is 240 g/mol. The van der Waals surface area contributed by atoms with Gasteiger partial charge in [-0.1, -0.05) is 56.6 Å². The quantitative estimate of drug-likeness (QED) is 0.432. The highest BCUT2D eigenvalue weighted by Gasteiger charge is 2.32. The van der Waals surface area contributed by atoms with Crippen LogP contribution >= 0.6 is 0 Å². The monoisotopic (exact) mass is 274 g/mol. The van der Waals surface area contributed by atoms with Crippen LogP contribution in [-0.4, -0.2) is 0 Å². The summed E-state index contributed by atoms with van der Waals surface area (Å²) in [6.07, 6.45) is 14.7. The summed E-state index contributed by atoms with van der Waals surface area (Å²) in [7, 11) is 0. The van der Waals surface area contributed by atoms with Crippen LogP contribution in [0.4, 0.5) is 0 Å². The molecule has 1 aliphatic rings. The fourth-order valence-corrected chi connectivity index (χ4v) is 3.28. The molecule has 0 bridgehead atoms. The molecule has 0 radical (unpaired) electrons. The molecule has 0 amide bonds. The Morgan fingerprint density at radius 2 is 1.90 bits per heavy atom. The molecule has 0 aromatic carbocycles. The van der Waals surface area contributed by atoms with E-state index in [2.05, 4.69) is 59.4 Å². The highest BCUT2D eigenvalue weighted by atomic mass is 14.4. The molecule has 1 fully saturated rings. The maximum Gasteiger partial charge on any atom is 0.00304 e.